The molecule has 0 spiro atoms. The van der Waals surface area contributed by atoms with E-state index < -0.39 is 6.04 Å². The Hall–Kier alpha value is -1.96. The van der Waals surface area contributed by atoms with Gasteiger partial charge in [0.25, 0.3) is 0 Å². The van der Waals surface area contributed by atoms with E-state index >= 15 is 0 Å². The topological polar surface area (TPSA) is 114 Å². The predicted molar refractivity (Wildman–Crippen MR) is 90.7 cm³/mol. The fourth-order valence-corrected chi connectivity index (χ4v) is 3.02. The molecule has 138 valence electrons. The summed E-state index contributed by atoms with van der Waals surface area (Å²) in [5.41, 5.74) is 5.79. The quantitative estimate of drug-likeness (QED) is 0.783. The SMILES string of the molecule is CC(C)[C@H](N)C(=O)NCC(=O)N1CCCC(c2noc(C3CC3)n2)C1. The molecule has 1 unspecified atom stereocenters. The van der Waals surface area contributed by atoms with E-state index in [0.29, 0.717) is 24.8 Å². The van der Waals surface area contributed by atoms with Crippen molar-refractivity contribution in [3.63, 3.8) is 0 Å². The van der Waals surface area contributed by atoms with Gasteiger partial charge < -0.3 is 20.5 Å². The van der Waals surface area contributed by atoms with Gasteiger partial charge in [0.05, 0.1) is 12.6 Å². The highest BCUT2D eigenvalue weighted by Crippen LogP contribution is 2.39. The Morgan fingerprint density at radius 2 is 2.08 bits per heavy atom. The summed E-state index contributed by atoms with van der Waals surface area (Å²) in [6.07, 6.45) is 4.07. The lowest BCUT2D eigenvalue weighted by atomic mass is 9.97. The van der Waals surface area contributed by atoms with Gasteiger partial charge >= 0.3 is 0 Å². The highest BCUT2D eigenvalue weighted by Gasteiger charge is 2.33. The average Bonchev–Trinajstić information content (AvgIpc) is 3.35. The molecule has 1 saturated carbocycles. The van der Waals surface area contributed by atoms with Gasteiger partial charge in [0.2, 0.25) is 17.7 Å². The number of hydrogen-bond acceptors (Lipinski definition) is 6. The number of likely N-dealkylation sites (tertiary alicyclic amines) is 1. The molecule has 3 N–H and O–H groups in total. The average molecular weight is 349 g/mol. The van der Waals surface area contributed by atoms with Crippen molar-refractivity contribution in [2.24, 2.45) is 11.7 Å². The maximum absolute atomic E-state index is 12.4. The van der Waals surface area contributed by atoms with E-state index in [1.54, 1.807) is 4.90 Å². The number of rotatable bonds is 6. The van der Waals surface area contributed by atoms with Crippen LogP contribution in [0.5, 0.6) is 0 Å². The number of nitrogens with two attached hydrogens (primary N) is 1. The molecule has 0 aromatic carbocycles. The number of piperidine rings is 1. The first-order valence-electron chi connectivity index (χ1n) is 9.10. The number of carbonyl (C=O) groups excluding carboxylic acids is 2. The molecule has 2 atom stereocenters. The third-order valence-electron chi connectivity index (χ3n) is 4.96. The number of hydrogen-bond donors (Lipinski definition) is 2. The van der Waals surface area contributed by atoms with Crippen LogP contribution in [-0.2, 0) is 9.59 Å². The first-order valence-corrected chi connectivity index (χ1v) is 9.10. The molecule has 0 bridgehead atoms. The smallest absolute Gasteiger partial charge is 0.241 e. The Kier molecular flexibility index (Phi) is 5.36. The zero-order valence-electron chi connectivity index (χ0n) is 14.9. The number of aromatic nitrogens is 2. The van der Waals surface area contributed by atoms with Crippen LogP contribution in [0.4, 0.5) is 0 Å². The van der Waals surface area contributed by atoms with Gasteiger partial charge in [-0.2, -0.15) is 4.98 Å². The Labute approximate surface area is 147 Å². The molecule has 2 aliphatic rings. The van der Waals surface area contributed by atoms with Gasteiger partial charge in [-0.1, -0.05) is 19.0 Å². The van der Waals surface area contributed by atoms with Gasteiger partial charge in [-0.25, -0.2) is 0 Å². The van der Waals surface area contributed by atoms with Crippen LogP contribution >= 0.6 is 0 Å². The predicted octanol–water partition coefficient (Wildman–Crippen LogP) is 0.752. The van der Waals surface area contributed by atoms with E-state index in [1.165, 1.54) is 0 Å². The fraction of sp³-hybridized carbons (Fsp3) is 0.765. The summed E-state index contributed by atoms with van der Waals surface area (Å²) in [5.74, 6) is 1.61. The second-order valence-electron chi connectivity index (χ2n) is 7.43. The summed E-state index contributed by atoms with van der Waals surface area (Å²) in [5, 5.41) is 6.74. The number of nitrogens with one attached hydrogen (secondary N) is 1. The summed E-state index contributed by atoms with van der Waals surface area (Å²) in [4.78, 5) is 30.6. The lowest BCUT2D eigenvalue weighted by Gasteiger charge is -2.31. The molecule has 1 aliphatic carbocycles. The van der Waals surface area contributed by atoms with E-state index in [9.17, 15) is 9.59 Å². The summed E-state index contributed by atoms with van der Waals surface area (Å²) in [6.45, 7) is 4.99. The van der Waals surface area contributed by atoms with E-state index in [4.69, 9.17) is 10.3 Å². The Bertz CT molecular complexity index is 626. The van der Waals surface area contributed by atoms with E-state index in [-0.39, 0.29) is 30.2 Å². The molecule has 1 aromatic rings. The lowest BCUT2D eigenvalue weighted by molar-refractivity contribution is -0.134. The van der Waals surface area contributed by atoms with Crippen LogP contribution in [0.3, 0.4) is 0 Å². The van der Waals surface area contributed by atoms with Crippen LogP contribution in [0.2, 0.25) is 0 Å². The van der Waals surface area contributed by atoms with Crippen LogP contribution in [-0.4, -0.2) is 52.5 Å². The van der Waals surface area contributed by atoms with Crippen LogP contribution in [0.25, 0.3) is 0 Å². The van der Waals surface area contributed by atoms with Crippen molar-refractivity contribution in [2.75, 3.05) is 19.6 Å². The second kappa shape index (κ2) is 7.51. The first kappa shape index (κ1) is 17.8. The first-order chi connectivity index (χ1) is 12.0. The van der Waals surface area contributed by atoms with Crippen molar-refractivity contribution in [3.05, 3.63) is 11.7 Å². The summed E-state index contributed by atoms with van der Waals surface area (Å²) >= 11 is 0. The molecule has 3 rings (SSSR count). The van der Waals surface area contributed by atoms with Crippen LogP contribution in [0.1, 0.15) is 63.1 Å². The normalized spacial score (nSPS) is 22.1. The maximum atomic E-state index is 12.4. The summed E-state index contributed by atoms with van der Waals surface area (Å²) < 4.78 is 5.33. The Morgan fingerprint density at radius 3 is 2.76 bits per heavy atom. The molecular weight excluding hydrogens is 322 g/mol. The molecule has 25 heavy (non-hydrogen) atoms. The minimum absolute atomic E-state index is 0.0223. The third-order valence-corrected chi connectivity index (χ3v) is 4.96. The molecule has 2 amide bonds. The van der Waals surface area contributed by atoms with Crippen molar-refractivity contribution in [2.45, 2.75) is 57.4 Å². The fourth-order valence-electron chi connectivity index (χ4n) is 3.02. The lowest BCUT2D eigenvalue weighted by Crippen LogP contribution is -2.49. The molecule has 1 aromatic heterocycles. The number of carbonyl (C=O) groups is 2. The van der Waals surface area contributed by atoms with Crippen molar-refractivity contribution in [1.82, 2.24) is 20.4 Å². The number of amides is 2. The summed E-state index contributed by atoms with van der Waals surface area (Å²) in [6, 6.07) is -0.595. The molecule has 2 fully saturated rings. The van der Waals surface area contributed by atoms with E-state index in [1.807, 2.05) is 13.8 Å². The second-order valence-corrected chi connectivity index (χ2v) is 7.43. The van der Waals surface area contributed by atoms with E-state index in [0.717, 1.165) is 31.6 Å². The number of nitrogens with zero attached hydrogens (tertiary/aromatic N) is 3. The van der Waals surface area contributed by atoms with Gasteiger partial charge in [0.1, 0.15) is 0 Å². The summed E-state index contributed by atoms with van der Waals surface area (Å²) in [7, 11) is 0. The van der Waals surface area contributed by atoms with Gasteiger partial charge in [0.15, 0.2) is 5.82 Å². The van der Waals surface area contributed by atoms with Gasteiger partial charge in [-0.05, 0) is 31.6 Å². The highest BCUT2D eigenvalue weighted by molar-refractivity contribution is 5.87. The van der Waals surface area contributed by atoms with Crippen molar-refractivity contribution < 1.29 is 14.1 Å². The minimum atomic E-state index is -0.595. The van der Waals surface area contributed by atoms with Crippen LogP contribution in [0, 0.1) is 5.92 Å². The van der Waals surface area contributed by atoms with Crippen molar-refractivity contribution in [1.29, 1.82) is 0 Å². The zero-order chi connectivity index (χ0) is 18.0. The van der Waals surface area contributed by atoms with Gasteiger partial charge in [-0.15, -0.1) is 0 Å². The molecule has 0 radical (unpaired) electrons. The van der Waals surface area contributed by atoms with Crippen molar-refractivity contribution in [3.8, 4) is 0 Å². The highest BCUT2D eigenvalue weighted by atomic mass is 16.5. The molecule has 2 heterocycles. The van der Waals surface area contributed by atoms with Gasteiger partial charge in [-0.3, -0.25) is 9.59 Å². The molecule has 1 aliphatic heterocycles. The molecule has 1 saturated heterocycles. The third kappa shape index (κ3) is 4.36. The molecule has 8 nitrogen and oxygen atoms in total. The molecule has 8 heteroatoms. The van der Waals surface area contributed by atoms with Gasteiger partial charge in [0, 0.05) is 24.9 Å². The minimum Gasteiger partial charge on any atom is -0.346 e. The van der Waals surface area contributed by atoms with Crippen LogP contribution in [0.15, 0.2) is 4.52 Å². The zero-order valence-corrected chi connectivity index (χ0v) is 14.9. The monoisotopic (exact) mass is 349 g/mol. The van der Waals surface area contributed by atoms with Crippen LogP contribution < -0.4 is 11.1 Å². The van der Waals surface area contributed by atoms with Crippen molar-refractivity contribution >= 4 is 11.8 Å². The van der Waals surface area contributed by atoms with E-state index in [2.05, 4.69) is 15.5 Å². The maximum Gasteiger partial charge on any atom is 0.241 e. The largest absolute Gasteiger partial charge is 0.346 e. The Balaban J connectivity index is 1.51. The Morgan fingerprint density at radius 1 is 1.32 bits per heavy atom. The standard InChI is InChI=1S/C17H27N5O3/c1-10(2)14(18)16(24)19-8-13(23)22-7-3-4-12(9-22)15-20-17(25-21-15)11-5-6-11/h10-12,14H,3-9,18H2,1-2H3,(H,19,24)/t12?,14-/m0/s1. The molecular formula is C17H27N5O3.